The van der Waals surface area contributed by atoms with Crippen molar-refractivity contribution in [1.29, 1.82) is 0 Å². The molecule has 4 rings (SSSR count). The molecule has 1 aliphatic heterocycles. The minimum atomic E-state index is -0.0595. The van der Waals surface area contributed by atoms with Crippen LogP contribution in [0.25, 0.3) is 5.69 Å². The number of rotatable bonds is 5. The predicted molar refractivity (Wildman–Crippen MR) is 118 cm³/mol. The van der Waals surface area contributed by atoms with Crippen LogP contribution >= 0.6 is 23.2 Å². The number of halogens is 2. The van der Waals surface area contributed by atoms with Crippen molar-refractivity contribution in [3.63, 3.8) is 0 Å². The van der Waals surface area contributed by atoms with Crippen LogP contribution in [-0.2, 0) is 6.54 Å². The van der Waals surface area contributed by atoms with E-state index < -0.39 is 0 Å². The van der Waals surface area contributed by atoms with Crippen molar-refractivity contribution in [3.05, 3.63) is 76.0 Å². The Kier molecular flexibility index (Phi) is 6.27. The Labute approximate surface area is 185 Å². The lowest BCUT2D eigenvalue weighted by atomic mass is 10.1. The molecular formula is C22H22Cl2N4O2. The average Bonchev–Trinajstić information content (AvgIpc) is 3.24. The number of methoxy groups -OCH3 is 1. The van der Waals surface area contributed by atoms with E-state index in [2.05, 4.69) is 10.00 Å². The fourth-order valence-electron chi connectivity index (χ4n) is 3.58. The van der Waals surface area contributed by atoms with E-state index >= 15 is 0 Å². The van der Waals surface area contributed by atoms with Gasteiger partial charge in [-0.1, -0.05) is 29.3 Å². The van der Waals surface area contributed by atoms with Crippen LogP contribution in [0.4, 0.5) is 0 Å². The number of nitrogens with zero attached hydrogens (tertiary/aromatic N) is 4. The summed E-state index contributed by atoms with van der Waals surface area (Å²) in [5.41, 5.74) is 2.30. The highest BCUT2D eigenvalue weighted by molar-refractivity contribution is 6.31. The molecule has 1 fully saturated rings. The van der Waals surface area contributed by atoms with Crippen molar-refractivity contribution in [2.24, 2.45) is 0 Å². The number of aromatic nitrogens is 2. The van der Waals surface area contributed by atoms with Gasteiger partial charge in [-0.05, 0) is 42.5 Å². The number of ether oxygens (including phenoxy) is 1. The summed E-state index contributed by atoms with van der Waals surface area (Å²) in [5.74, 6) is 0.764. The molecule has 0 atom stereocenters. The second kappa shape index (κ2) is 9.08. The van der Waals surface area contributed by atoms with E-state index in [1.54, 1.807) is 30.1 Å². The summed E-state index contributed by atoms with van der Waals surface area (Å²) in [4.78, 5) is 17.0. The fourth-order valence-corrected chi connectivity index (χ4v) is 3.96. The largest absolute Gasteiger partial charge is 0.496 e. The Balaban J connectivity index is 1.38. The standard InChI is InChI=1S/C22H22Cl2N4O2/c1-30-21-6-5-18(24)13-16(21)15-26-9-11-27(12-10-26)22(29)20-7-8-28(25-20)19-4-2-3-17(23)14-19/h2-8,13-14H,9-12,15H2,1H3. The van der Waals surface area contributed by atoms with E-state index in [-0.39, 0.29) is 5.91 Å². The Bertz CT molecular complexity index is 1050. The molecule has 6 nitrogen and oxygen atoms in total. The smallest absolute Gasteiger partial charge is 0.274 e. The first-order chi connectivity index (χ1) is 14.5. The number of carbonyl (C=O) groups is 1. The molecule has 2 aromatic carbocycles. The molecule has 8 heteroatoms. The van der Waals surface area contributed by atoms with Gasteiger partial charge < -0.3 is 9.64 Å². The van der Waals surface area contributed by atoms with Gasteiger partial charge in [-0.25, -0.2) is 4.68 Å². The molecule has 0 unspecified atom stereocenters. The summed E-state index contributed by atoms with van der Waals surface area (Å²) >= 11 is 12.2. The van der Waals surface area contributed by atoms with E-state index in [0.717, 1.165) is 36.6 Å². The molecule has 2 heterocycles. The highest BCUT2D eigenvalue weighted by Crippen LogP contribution is 2.24. The quantitative estimate of drug-likeness (QED) is 0.592. The summed E-state index contributed by atoms with van der Waals surface area (Å²) in [7, 11) is 1.66. The van der Waals surface area contributed by atoms with Gasteiger partial charge in [0.05, 0.1) is 12.8 Å². The van der Waals surface area contributed by atoms with Crippen molar-refractivity contribution in [2.75, 3.05) is 33.3 Å². The minimum absolute atomic E-state index is 0.0595. The van der Waals surface area contributed by atoms with Gasteiger partial charge in [0.1, 0.15) is 5.75 Å². The Morgan fingerprint density at radius 1 is 1.03 bits per heavy atom. The number of carbonyl (C=O) groups excluding carboxylic acids is 1. The van der Waals surface area contributed by atoms with Gasteiger partial charge in [-0.2, -0.15) is 5.10 Å². The van der Waals surface area contributed by atoms with Gasteiger partial charge >= 0.3 is 0 Å². The first kappa shape index (κ1) is 20.7. The van der Waals surface area contributed by atoms with E-state index in [1.807, 2.05) is 41.3 Å². The van der Waals surface area contributed by atoms with Crippen LogP contribution in [0.3, 0.4) is 0 Å². The zero-order valence-electron chi connectivity index (χ0n) is 16.6. The second-order valence-electron chi connectivity index (χ2n) is 7.15. The van der Waals surface area contributed by atoms with Gasteiger partial charge in [0, 0.05) is 54.5 Å². The average molecular weight is 445 g/mol. The maximum Gasteiger partial charge on any atom is 0.274 e. The number of amides is 1. The summed E-state index contributed by atoms with van der Waals surface area (Å²) in [5, 5.41) is 5.76. The molecule has 1 saturated heterocycles. The van der Waals surface area contributed by atoms with E-state index in [9.17, 15) is 4.79 Å². The van der Waals surface area contributed by atoms with E-state index in [4.69, 9.17) is 27.9 Å². The normalized spacial score (nSPS) is 14.7. The fraction of sp³-hybridized carbons (Fsp3) is 0.273. The van der Waals surface area contributed by atoms with Crippen LogP contribution in [-0.4, -0.2) is 58.8 Å². The Morgan fingerprint density at radius 2 is 1.80 bits per heavy atom. The first-order valence-corrected chi connectivity index (χ1v) is 10.4. The molecule has 3 aromatic rings. The molecule has 156 valence electrons. The zero-order chi connectivity index (χ0) is 21.1. The lowest BCUT2D eigenvalue weighted by Crippen LogP contribution is -2.48. The monoisotopic (exact) mass is 444 g/mol. The third-order valence-electron chi connectivity index (χ3n) is 5.18. The van der Waals surface area contributed by atoms with Crippen LogP contribution in [0.5, 0.6) is 5.75 Å². The van der Waals surface area contributed by atoms with Gasteiger partial charge in [0.25, 0.3) is 5.91 Å². The molecule has 0 spiro atoms. The minimum Gasteiger partial charge on any atom is -0.496 e. The zero-order valence-corrected chi connectivity index (χ0v) is 18.1. The van der Waals surface area contributed by atoms with Gasteiger partial charge in [-0.3, -0.25) is 9.69 Å². The van der Waals surface area contributed by atoms with Crippen LogP contribution in [0.1, 0.15) is 16.1 Å². The third-order valence-corrected chi connectivity index (χ3v) is 5.65. The molecule has 1 amide bonds. The first-order valence-electron chi connectivity index (χ1n) is 9.69. The molecule has 0 aliphatic carbocycles. The van der Waals surface area contributed by atoms with E-state index in [1.165, 1.54) is 0 Å². The predicted octanol–water partition coefficient (Wildman–Crippen LogP) is 4.15. The summed E-state index contributed by atoms with van der Waals surface area (Å²) in [6.45, 7) is 3.57. The molecule has 0 radical (unpaired) electrons. The summed E-state index contributed by atoms with van der Waals surface area (Å²) < 4.78 is 7.10. The summed E-state index contributed by atoms with van der Waals surface area (Å²) in [6, 6.07) is 14.7. The lowest BCUT2D eigenvalue weighted by Gasteiger charge is -2.34. The molecule has 0 saturated carbocycles. The number of hydrogen-bond donors (Lipinski definition) is 0. The van der Waals surface area contributed by atoms with Crippen molar-refractivity contribution in [3.8, 4) is 11.4 Å². The second-order valence-corrected chi connectivity index (χ2v) is 8.02. The number of piperazine rings is 1. The topological polar surface area (TPSA) is 50.6 Å². The molecule has 0 N–H and O–H groups in total. The molecule has 1 aliphatic rings. The molecular weight excluding hydrogens is 423 g/mol. The van der Waals surface area contributed by atoms with Gasteiger partial charge in [-0.15, -0.1) is 0 Å². The van der Waals surface area contributed by atoms with Crippen molar-refractivity contribution < 1.29 is 9.53 Å². The van der Waals surface area contributed by atoms with Crippen molar-refractivity contribution in [2.45, 2.75) is 6.54 Å². The highest BCUT2D eigenvalue weighted by Gasteiger charge is 2.24. The maximum absolute atomic E-state index is 12.9. The molecule has 1 aromatic heterocycles. The Hall–Kier alpha value is -2.54. The van der Waals surface area contributed by atoms with Crippen LogP contribution in [0.2, 0.25) is 10.0 Å². The van der Waals surface area contributed by atoms with Crippen LogP contribution < -0.4 is 4.74 Å². The van der Waals surface area contributed by atoms with Crippen molar-refractivity contribution >= 4 is 29.1 Å². The third kappa shape index (κ3) is 4.61. The SMILES string of the molecule is COc1ccc(Cl)cc1CN1CCN(C(=O)c2ccn(-c3cccc(Cl)c3)n2)CC1. The van der Waals surface area contributed by atoms with Gasteiger partial charge in [0.15, 0.2) is 5.69 Å². The molecule has 0 bridgehead atoms. The van der Waals surface area contributed by atoms with E-state index in [0.29, 0.717) is 28.8 Å². The molecule has 30 heavy (non-hydrogen) atoms. The van der Waals surface area contributed by atoms with Gasteiger partial charge in [0.2, 0.25) is 0 Å². The highest BCUT2D eigenvalue weighted by atomic mass is 35.5. The lowest BCUT2D eigenvalue weighted by molar-refractivity contribution is 0.0621. The van der Waals surface area contributed by atoms with Crippen LogP contribution in [0.15, 0.2) is 54.7 Å². The number of hydrogen-bond acceptors (Lipinski definition) is 4. The van der Waals surface area contributed by atoms with Crippen molar-refractivity contribution in [1.82, 2.24) is 19.6 Å². The van der Waals surface area contributed by atoms with Crippen LogP contribution in [0, 0.1) is 0 Å². The number of benzene rings is 2. The summed E-state index contributed by atoms with van der Waals surface area (Å²) in [6.07, 6.45) is 1.78. The maximum atomic E-state index is 12.9. The Morgan fingerprint density at radius 3 is 2.53 bits per heavy atom.